The molecule has 1 aliphatic heterocycles. The van der Waals surface area contributed by atoms with Crippen LogP contribution in [0.4, 0.5) is 11.8 Å². The van der Waals surface area contributed by atoms with E-state index in [2.05, 4.69) is 63.7 Å². The lowest BCUT2D eigenvalue weighted by Gasteiger charge is -2.33. The lowest BCUT2D eigenvalue weighted by atomic mass is 9.81. The van der Waals surface area contributed by atoms with Gasteiger partial charge in [-0.05, 0) is 50.9 Å². The van der Waals surface area contributed by atoms with Gasteiger partial charge in [-0.25, -0.2) is 14.5 Å². The molecule has 188 valence electrons. The second-order valence-corrected chi connectivity index (χ2v) is 10.5. The number of hydrogen-bond acceptors (Lipinski definition) is 7. The van der Waals surface area contributed by atoms with Crippen LogP contribution in [0.5, 0.6) is 0 Å². The van der Waals surface area contributed by atoms with Gasteiger partial charge in [0.05, 0.1) is 18.3 Å². The molecule has 8 heteroatoms. The number of pyridine rings is 1. The minimum absolute atomic E-state index is 0.137. The predicted octanol–water partition coefficient (Wildman–Crippen LogP) is 4.28. The van der Waals surface area contributed by atoms with Gasteiger partial charge >= 0.3 is 0 Å². The molecule has 1 saturated carbocycles. The summed E-state index contributed by atoms with van der Waals surface area (Å²) in [5.41, 5.74) is 4.60. The van der Waals surface area contributed by atoms with Crippen molar-refractivity contribution in [3.63, 3.8) is 0 Å². The zero-order valence-corrected chi connectivity index (χ0v) is 21.6. The van der Waals surface area contributed by atoms with Gasteiger partial charge in [0, 0.05) is 68.3 Å². The third kappa shape index (κ3) is 5.28. The number of piperazine rings is 1. The number of hydrogen-bond donors (Lipinski definition) is 1. The molecule has 2 aliphatic rings. The third-order valence-corrected chi connectivity index (χ3v) is 7.66. The van der Waals surface area contributed by atoms with Crippen LogP contribution in [0, 0.1) is 5.92 Å². The first-order valence-electron chi connectivity index (χ1n) is 13.1. The average molecular weight is 478 g/mol. The zero-order valence-electron chi connectivity index (χ0n) is 21.6. The van der Waals surface area contributed by atoms with Gasteiger partial charge in [0.1, 0.15) is 5.82 Å². The van der Waals surface area contributed by atoms with Crippen molar-refractivity contribution in [2.75, 3.05) is 57.2 Å². The number of rotatable bonds is 7. The molecule has 1 saturated heterocycles. The summed E-state index contributed by atoms with van der Waals surface area (Å²) in [6, 6.07) is 6.84. The quantitative estimate of drug-likeness (QED) is 0.544. The van der Waals surface area contributed by atoms with Crippen LogP contribution in [0.25, 0.3) is 16.6 Å². The number of fused-ring (bicyclic) bond motifs is 1. The Balaban J connectivity index is 1.47. The van der Waals surface area contributed by atoms with Crippen molar-refractivity contribution in [1.29, 1.82) is 0 Å². The van der Waals surface area contributed by atoms with Crippen LogP contribution >= 0.6 is 0 Å². The Morgan fingerprint density at radius 2 is 1.83 bits per heavy atom. The van der Waals surface area contributed by atoms with Crippen molar-refractivity contribution >= 4 is 17.3 Å². The molecule has 8 nitrogen and oxygen atoms in total. The van der Waals surface area contributed by atoms with E-state index in [-0.39, 0.29) is 6.04 Å². The second kappa shape index (κ2) is 10.5. The van der Waals surface area contributed by atoms with Crippen molar-refractivity contribution in [3.8, 4) is 11.1 Å². The van der Waals surface area contributed by atoms with E-state index in [1.54, 1.807) is 7.11 Å². The highest BCUT2D eigenvalue weighted by atomic mass is 16.5. The zero-order chi connectivity index (χ0) is 24.4. The van der Waals surface area contributed by atoms with Gasteiger partial charge in [-0.1, -0.05) is 19.8 Å². The van der Waals surface area contributed by atoms with E-state index in [1.807, 2.05) is 12.4 Å². The van der Waals surface area contributed by atoms with E-state index >= 15 is 0 Å². The number of methoxy groups -OCH3 is 1. The molecule has 0 amide bonds. The Morgan fingerprint density at radius 3 is 2.51 bits per heavy atom. The van der Waals surface area contributed by atoms with Gasteiger partial charge in [0.15, 0.2) is 0 Å². The van der Waals surface area contributed by atoms with Crippen LogP contribution in [0.15, 0.2) is 30.6 Å². The standard InChI is InChI=1S/C27H39N7O/c1-19-5-7-21(8-6-19)24-15-23(25-17-29-27(31-34(24)25)30-20(2)18-35-4)22-9-10-26(28-16-22)33-13-11-32(3)12-14-33/h9-10,15-17,19-21H,5-8,11-14,18H2,1-4H3,(H,30,31)/t19?,20-,21?/m0/s1. The number of nitrogens with one attached hydrogen (secondary N) is 1. The Labute approximate surface area is 208 Å². The molecule has 3 aromatic heterocycles. The molecule has 1 atom stereocenters. The van der Waals surface area contributed by atoms with Crippen LogP contribution in [0.1, 0.15) is 51.1 Å². The summed E-state index contributed by atoms with van der Waals surface area (Å²) in [6.07, 6.45) is 8.93. The Hall–Kier alpha value is -2.71. The Morgan fingerprint density at radius 1 is 1.06 bits per heavy atom. The molecule has 0 spiro atoms. The lowest BCUT2D eigenvalue weighted by molar-refractivity contribution is 0.190. The summed E-state index contributed by atoms with van der Waals surface area (Å²) in [6.45, 7) is 9.25. The number of ether oxygens (including phenoxy) is 1. The summed E-state index contributed by atoms with van der Waals surface area (Å²) in [5.74, 6) is 3.02. The van der Waals surface area contributed by atoms with Crippen molar-refractivity contribution in [3.05, 3.63) is 36.3 Å². The fraction of sp³-hybridized carbons (Fsp3) is 0.593. The maximum atomic E-state index is 5.28. The Kier molecular flexibility index (Phi) is 7.20. The van der Waals surface area contributed by atoms with Crippen LogP contribution < -0.4 is 10.2 Å². The molecule has 0 unspecified atom stereocenters. The molecule has 2 fully saturated rings. The predicted molar refractivity (Wildman–Crippen MR) is 141 cm³/mol. The molecule has 0 aromatic carbocycles. The van der Waals surface area contributed by atoms with Gasteiger partial charge in [-0.15, -0.1) is 5.10 Å². The minimum Gasteiger partial charge on any atom is -0.383 e. The first kappa shape index (κ1) is 24.0. The number of nitrogens with zero attached hydrogens (tertiary/aromatic N) is 6. The summed E-state index contributed by atoms with van der Waals surface area (Å²) < 4.78 is 7.40. The Bertz CT molecular complexity index is 1110. The largest absolute Gasteiger partial charge is 0.383 e. The highest BCUT2D eigenvalue weighted by molar-refractivity contribution is 5.81. The molecule has 35 heavy (non-hydrogen) atoms. The van der Waals surface area contributed by atoms with Crippen LogP contribution in [-0.2, 0) is 4.74 Å². The topological polar surface area (TPSA) is 70.8 Å². The highest BCUT2D eigenvalue weighted by Crippen LogP contribution is 2.39. The molecule has 4 heterocycles. The van der Waals surface area contributed by atoms with E-state index in [1.165, 1.54) is 31.4 Å². The molecule has 5 rings (SSSR count). The van der Waals surface area contributed by atoms with E-state index in [4.69, 9.17) is 14.8 Å². The van der Waals surface area contributed by atoms with Crippen molar-refractivity contribution < 1.29 is 4.74 Å². The summed E-state index contributed by atoms with van der Waals surface area (Å²) in [7, 11) is 3.89. The van der Waals surface area contributed by atoms with E-state index in [9.17, 15) is 0 Å². The SMILES string of the molecule is COC[C@H](C)Nc1ncc2c(-c3ccc(N4CCN(C)CC4)nc3)cc(C3CCC(C)CC3)n2n1. The third-order valence-electron chi connectivity index (χ3n) is 7.66. The number of anilines is 2. The van der Waals surface area contributed by atoms with Gasteiger partial charge in [-0.2, -0.15) is 0 Å². The molecular formula is C27H39N7O. The van der Waals surface area contributed by atoms with E-state index in [0.717, 1.165) is 54.6 Å². The van der Waals surface area contributed by atoms with Crippen molar-refractivity contribution in [1.82, 2.24) is 24.5 Å². The van der Waals surface area contributed by atoms with Gasteiger partial charge in [-0.3, -0.25) is 0 Å². The maximum absolute atomic E-state index is 5.28. The smallest absolute Gasteiger partial charge is 0.241 e. The van der Waals surface area contributed by atoms with E-state index in [0.29, 0.717) is 18.5 Å². The summed E-state index contributed by atoms with van der Waals surface area (Å²) in [5, 5.41) is 8.32. The molecule has 1 N–H and O–H groups in total. The second-order valence-electron chi connectivity index (χ2n) is 10.5. The van der Waals surface area contributed by atoms with Crippen LogP contribution in [-0.4, -0.2) is 77.5 Å². The first-order valence-corrected chi connectivity index (χ1v) is 13.1. The number of aromatic nitrogens is 4. The molecule has 0 radical (unpaired) electrons. The average Bonchev–Trinajstić information content (AvgIpc) is 3.24. The normalized spacial score (nSPS) is 22.5. The van der Waals surface area contributed by atoms with Gasteiger partial charge < -0.3 is 19.9 Å². The van der Waals surface area contributed by atoms with Crippen LogP contribution in [0.3, 0.4) is 0 Å². The van der Waals surface area contributed by atoms with Crippen molar-refractivity contribution in [2.24, 2.45) is 5.92 Å². The molecule has 0 bridgehead atoms. The molecule has 3 aromatic rings. The monoisotopic (exact) mass is 477 g/mol. The first-order chi connectivity index (χ1) is 17.0. The maximum Gasteiger partial charge on any atom is 0.241 e. The highest BCUT2D eigenvalue weighted by Gasteiger charge is 2.25. The van der Waals surface area contributed by atoms with E-state index < -0.39 is 0 Å². The number of likely N-dealkylation sites (N-methyl/N-ethyl adjacent to an activating group) is 1. The fourth-order valence-corrected chi connectivity index (χ4v) is 5.44. The van der Waals surface area contributed by atoms with Crippen molar-refractivity contribution in [2.45, 2.75) is 51.5 Å². The molecule has 1 aliphatic carbocycles. The van der Waals surface area contributed by atoms with Crippen LogP contribution in [0.2, 0.25) is 0 Å². The van der Waals surface area contributed by atoms with Gasteiger partial charge in [0.25, 0.3) is 0 Å². The van der Waals surface area contributed by atoms with Gasteiger partial charge in [0.2, 0.25) is 5.95 Å². The molecular weight excluding hydrogens is 438 g/mol. The fourth-order valence-electron chi connectivity index (χ4n) is 5.44. The lowest BCUT2D eigenvalue weighted by Crippen LogP contribution is -2.44. The summed E-state index contributed by atoms with van der Waals surface area (Å²) in [4.78, 5) is 14.2. The summed E-state index contributed by atoms with van der Waals surface area (Å²) >= 11 is 0. The minimum atomic E-state index is 0.137.